The summed E-state index contributed by atoms with van der Waals surface area (Å²) in [5.74, 6) is 0. The van der Waals surface area contributed by atoms with Crippen molar-refractivity contribution < 1.29 is 0 Å². The van der Waals surface area contributed by atoms with Gasteiger partial charge in [-0.2, -0.15) is 5.26 Å². The summed E-state index contributed by atoms with van der Waals surface area (Å²) < 4.78 is 1.06. The lowest BCUT2D eigenvalue weighted by atomic mass is 9.95. The quantitative estimate of drug-likeness (QED) is 0.838. The van der Waals surface area contributed by atoms with Crippen LogP contribution in [0.2, 0.25) is 0 Å². The van der Waals surface area contributed by atoms with E-state index in [1.165, 1.54) is 0 Å². The molecule has 0 fully saturated rings. The minimum Gasteiger partial charge on any atom is -0.373 e. The highest BCUT2D eigenvalue weighted by atomic mass is 79.9. The highest BCUT2D eigenvalue weighted by Crippen LogP contribution is 2.22. The van der Waals surface area contributed by atoms with Crippen molar-refractivity contribution in [2.75, 3.05) is 18.5 Å². The number of rotatable bonds is 3. The molecule has 2 nitrogen and oxygen atoms in total. The molecule has 80 valence electrons. The number of halogens is 1. The summed E-state index contributed by atoms with van der Waals surface area (Å²) in [6.07, 6.45) is 0. The van der Waals surface area contributed by atoms with E-state index in [0.717, 1.165) is 16.7 Å². The van der Waals surface area contributed by atoms with E-state index in [2.05, 4.69) is 26.9 Å². The third-order valence-corrected chi connectivity index (χ3v) is 2.68. The van der Waals surface area contributed by atoms with Gasteiger partial charge in [0.05, 0.1) is 11.5 Å². The van der Waals surface area contributed by atoms with Crippen LogP contribution in [0.25, 0.3) is 0 Å². The first-order chi connectivity index (χ1) is 6.94. The number of nitriles is 1. The maximum atomic E-state index is 8.96. The number of benzene rings is 1. The van der Waals surface area contributed by atoms with Crippen molar-refractivity contribution in [2.45, 2.75) is 13.8 Å². The van der Waals surface area contributed by atoms with Gasteiger partial charge in [0, 0.05) is 23.8 Å². The fourth-order valence-corrected chi connectivity index (χ4v) is 1.82. The Morgan fingerprint density at radius 1 is 1.47 bits per heavy atom. The van der Waals surface area contributed by atoms with Gasteiger partial charge in [0.1, 0.15) is 0 Å². The van der Waals surface area contributed by atoms with E-state index < -0.39 is 0 Å². The van der Waals surface area contributed by atoms with E-state index >= 15 is 0 Å². The van der Waals surface area contributed by atoms with Crippen molar-refractivity contribution in [1.82, 2.24) is 0 Å². The molecular formula is C12H15BrN2. The van der Waals surface area contributed by atoms with Crippen LogP contribution in [0, 0.1) is 16.7 Å². The molecule has 0 atom stereocenters. The minimum absolute atomic E-state index is 0.322. The first kappa shape index (κ1) is 12.1. The summed E-state index contributed by atoms with van der Waals surface area (Å²) in [6.45, 7) is 4.61. The Morgan fingerprint density at radius 2 is 2.13 bits per heavy atom. The molecule has 0 aliphatic heterocycles. The van der Waals surface area contributed by atoms with Gasteiger partial charge in [-0.05, 0) is 32.0 Å². The molecule has 0 bridgehead atoms. The van der Waals surface area contributed by atoms with Gasteiger partial charge in [-0.25, -0.2) is 0 Å². The molecule has 1 rings (SSSR count). The first-order valence-electron chi connectivity index (χ1n) is 4.82. The Kier molecular flexibility index (Phi) is 3.76. The van der Waals surface area contributed by atoms with Gasteiger partial charge in [0.2, 0.25) is 0 Å². The molecule has 15 heavy (non-hydrogen) atoms. The van der Waals surface area contributed by atoms with Gasteiger partial charge in [-0.1, -0.05) is 22.0 Å². The summed E-state index contributed by atoms with van der Waals surface area (Å²) in [6, 6.07) is 10.4. The standard InChI is InChI=1S/C12H15BrN2/c1-12(2,8-14)9-15(3)11-6-4-5-10(13)7-11/h4-7H,9H2,1-3H3. The van der Waals surface area contributed by atoms with Crippen LogP contribution in [0.3, 0.4) is 0 Å². The predicted octanol–water partition coefficient (Wildman–Crippen LogP) is 3.44. The normalized spacial score (nSPS) is 10.9. The van der Waals surface area contributed by atoms with Gasteiger partial charge in [0.25, 0.3) is 0 Å². The Balaban J connectivity index is 2.78. The van der Waals surface area contributed by atoms with E-state index in [0.29, 0.717) is 0 Å². The second-order valence-electron chi connectivity index (χ2n) is 4.33. The Morgan fingerprint density at radius 3 is 2.67 bits per heavy atom. The summed E-state index contributed by atoms with van der Waals surface area (Å²) >= 11 is 3.44. The van der Waals surface area contributed by atoms with Gasteiger partial charge < -0.3 is 4.90 Å². The fourth-order valence-electron chi connectivity index (χ4n) is 1.43. The summed E-state index contributed by atoms with van der Waals surface area (Å²) in [7, 11) is 2.00. The molecule has 0 aliphatic carbocycles. The molecule has 0 saturated heterocycles. The minimum atomic E-state index is -0.322. The Hall–Kier alpha value is -1.01. The van der Waals surface area contributed by atoms with Crippen LogP contribution in [0.15, 0.2) is 28.7 Å². The monoisotopic (exact) mass is 266 g/mol. The van der Waals surface area contributed by atoms with Crippen molar-refractivity contribution in [3.63, 3.8) is 0 Å². The van der Waals surface area contributed by atoms with Crippen molar-refractivity contribution in [2.24, 2.45) is 5.41 Å². The lowest BCUT2D eigenvalue weighted by molar-refractivity contribution is 0.497. The van der Waals surface area contributed by atoms with Crippen LogP contribution >= 0.6 is 15.9 Å². The van der Waals surface area contributed by atoms with Crippen LogP contribution < -0.4 is 4.90 Å². The lowest BCUT2D eigenvalue weighted by Crippen LogP contribution is -2.30. The molecular weight excluding hydrogens is 252 g/mol. The zero-order chi connectivity index (χ0) is 11.5. The number of hydrogen-bond donors (Lipinski definition) is 0. The van der Waals surface area contributed by atoms with Gasteiger partial charge in [0.15, 0.2) is 0 Å². The molecule has 0 N–H and O–H groups in total. The summed E-state index contributed by atoms with van der Waals surface area (Å²) in [5.41, 5.74) is 0.796. The van der Waals surface area contributed by atoms with Crippen LogP contribution in [-0.4, -0.2) is 13.6 Å². The number of anilines is 1. The van der Waals surface area contributed by atoms with E-state index in [1.54, 1.807) is 0 Å². The van der Waals surface area contributed by atoms with E-state index in [4.69, 9.17) is 5.26 Å². The molecule has 1 aromatic rings. The molecule has 0 aromatic heterocycles. The smallest absolute Gasteiger partial charge is 0.0702 e. The summed E-state index contributed by atoms with van der Waals surface area (Å²) in [5, 5.41) is 8.96. The number of nitrogens with zero attached hydrogens (tertiary/aromatic N) is 2. The molecule has 0 heterocycles. The maximum absolute atomic E-state index is 8.96. The largest absolute Gasteiger partial charge is 0.373 e. The van der Waals surface area contributed by atoms with Gasteiger partial charge >= 0.3 is 0 Å². The molecule has 0 saturated carbocycles. The molecule has 3 heteroatoms. The van der Waals surface area contributed by atoms with E-state index in [9.17, 15) is 0 Å². The zero-order valence-electron chi connectivity index (χ0n) is 9.29. The van der Waals surface area contributed by atoms with E-state index in [1.807, 2.05) is 45.2 Å². The number of hydrogen-bond acceptors (Lipinski definition) is 2. The van der Waals surface area contributed by atoms with Crippen LogP contribution in [0.5, 0.6) is 0 Å². The van der Waals surface area contributed by atoms with Crippen LogP contribution in [0.1, 0.15) is 13.8 Å². The van der Waals surface area contributed by atoms with Crippen molar-refractivity contribution in [1.29, 1.82) is 5.26 Å². The Bertz CT molecular complexity index is 379. The molecule has 0 radical (unpaired) electrons. The highest BCUT2D eigenvalue weighted by molar-refractivity contribution is 9.10. The molecule has 0 unspecified atom stereocenters. The average molecular weight is 267 g/mol. The Labute approximate surface area is 99.6 Å². The summed E-state index contributed by atoms with van der Waals surface area (Å²) in [4.78, 5) is 2.09. The fraction of sp³-hybridized carbons (Fsp3) is 0.417. The molecule has 0 spiro atoms. The topological polar surface area (TPSA) is 27.0 Å². The molecule has 1 aromatic carbocycles. The third kappa shape index (κ3) is 3.56. The molecule has 0 aliphatic rings. The van der Waals surface area contributed by atoms with Crippen LogP contribution in [0.4, 0.5) is 5.69 Å². The second-order valence-corrected chi connectivity index (χ2v) is 5.25. The van der Waals surface area contributed by atoms with Crippen molar-refractivity contribution >= 4 is 21.6 Å². The van der Waals surface area contributed by atoms with Gasteiger partial charge in [-0.15, -0.1) is 0 Å². The van der Waals surface area contributed by atoms with Gasteiger partial charge in [-0.3, -0.25) is 0 Å². The first-order valence-corrected chi connectivity index (χ1v) is 5.62. The predicted molar refractivity (Wildman–Crippen MR) is 66.8 cm³/mol. The van der Waals surface area contributed by atoms with Crippen molar-refractivity contribution in [3.05, 3.63) is 28.7 Å². The van der Waals surface area contributed by atoms with Crippen LogP contribution in [-0.2, 0) is 0 Å². The zero-order valence-corrected chi connectivity index (χ0v) is 10.9. The SMILES string of the molecule is CN(CC(C)(C)C#N)c1cccc(Br)c1. The maximum Gasteiger partial charge on any atom is 0.0702 e. The average Bonchev–Trinajstić information content (AvgIpc) is 2.17. The van der Waals surface area contributed by atoms with Crippen molar-refractivity contribution in [3.8, 4) is 6.07 Å². The highest BCUT2D eigenvalue weighted by Gasteiger charge is 2.19. The third-order valence-electron chi connectivity index (χ3n) is 2.18. The second kappa shape index (κ2) is 4.67. The lowest BCUT2D eigenvalue weighted by Gasteiger charge is -2.26. The van der Waals surface area contributed by atoms with E-state index in [-0.39, 0.29) is 5.41 Å². The molecule has 0 amide bonds.